The Morgan fingerprint density at radius 3 is 2.54 bits per heavy atom. The van der Waals surface area contributed by atoms with Gasteiger partial charge in [0.05, 0.1) is 0 Å². The highest BCUT2D eigenvalue weighted by molar-refractivity contribution is 7.71. The summed E-state index contributed by atoms with van der Waals surface area (Å²) in [5.74, 6) is 1.07. The van der Waals surface area contributed by atoms with E-state index in [9.17, 15) is 0 Å². The van der Waals surface area contributed by atoms with Crippen molar-refractivity contribution >= 4 is 12.2 Å². The van der Waals surface area contributed by atoms with Crippen molar-refractivity contribution in [1.82, 2.24) is 14.8 Å². The first kappa shape index (κ1) is 8.94. The Balaban J connectivity index is 2.39. The average molecular weight is 197 g/mol. The quantitative estimate of drug-likeness (QED) is 0.701. The van der Waals surface area contributed by atoms with Crippen molar-refractivity contribution in [1.29, 1.82) is 0 Å². The summed E-state index contributed by atoms with van der Waals surface area (Å²) in [7, 11) is 1.91. The van der Waals surface area contributed by atoms with Crippen LogP contribution in [0.3, 0.4) is 0 Å². The zero-order valence-corrected chi connectivity index (χ0v) is 8.95. The number of H-pyrrole nitrogens is 1. The Bertz CT molecular complexity index is 357. The summed E-state index contributed by atoms with van der Waals surface area (Å²) >= 11 is 5.08. The molecule has 1 fully saturated rings. The lowest BCUT2D eigenvalue weighted by atomic mass is 9.88. The molecule has 0 aromatic carbocycles. The Hall–Kier alpha value is -0.640. The van der Waals surface area contributed by atoms with E-state index in [1.165, 1.54) is 25.7 Å². The first-order chi connectivity index (χ1) is 6.12. The van der Waals surface area contributed by atoms with E-state index < -0.39 is 0 Å². The molecule has 1 aromatic rings. The standard InChI is InChI=1S/C9H15N3S/c1-9(5-3-4-6-9)7-10-8(13)12(2)11-7/h3-6H2,1-2H3,(H,10,11,13). The highest BCUT2D eigenvalue weighted by Gasteiger charge is 2.33. The van der Waals surface area contributed by atoms with Gasteiger partial charge in [0.2, 0.25) is 4.77 Å². The van der Waals surface area contributed by atoms with Gasteiger partial charge >= 0.3 is 0 Å². The van der Waals surface area contributed by atoms with E-state index >= 15 is 0 Å². The molecule has 0 amide bonds. The van der Waals surface area contributed by atoms with Crippen molar-refractivity contribution in [2.45, 2.75) is 38.0 Å². The van der Waals surface area contributed by atoms with Crippen molar-refractivity contribution in [3.05, 3.63) is 10.6 Å². The summed E-state index contributed by atoms with van der Waals surface area (Å²) in [4.78, 5) is 4.39. The van der Waals surface area contributed by atoms with Crippen molar-refractivity contribution in [3.63, 3.8) is 0 Å². The summed E-state index contributed by atoms with van der Waals surface area (Å²) in [6.45, 7) is 2.27. The highest BCUT2D eigenvalue weighted by atomic mass is 32.1. The van der Waals surface area contributed by atoms with Crippen LogP contribution in [0.15, 0.2) is 0 Å². The molecule has 0 spiro atoms. The van der Waals surface area contributed by atoms with Gasteiger partial charge in [-0.05, 0) is 25.1 Å². The van der Waals surface area contributed by atoms with Gasteiger partial charge in [0.15, 0.2) is 0 Å². The maximum atomic E-state index is 5.08. The lowest BCUT2D eigenvalue weighted by Gasteiger charge is -2.19. The number of nitrogens with one attached hydrogen (secondary N) is 1. The molecule has 4 heteroatoms. The van der Waals surface area contributed by atoms with E-state index in [1.54, 1.807) is 0 Å². The molecule has 0 saturated heterocycles. The average Bonchev–Trinajstić information content (AvgIpc) is 2.62. The number of hydrogen-bond donors (Lipinski definition) is 1. The number of aromatic amines is 1. The van der Waals surface area contributed by atoms with Crippen LogP contribution in [-0.4, -0.2) is 14.8 Å². The van der Waals surface area contributed by atoms with Crippen LogP contribution < -0.4 is 0 Å². The number of hydrogen-bond acceptors (Lipinski definition) is 2. The minimum atomic E-state index is 0.245. The van der Waals surface area contributed by atoms with Gasteiger partial charge in [-0.2, -0.15) is 0 Å². The third-order valence-corrected chi connectivity index (χ3v) is 3.41. The predicted molar refractivity (Wildman–Crippen MR) is 54.2 cm³/mol. The molecular weight excluding hydrogens is 182 g/mol. The predicted octanol–water partition coefficient (Wildman–Crippen LogP) is 2.31. The Labute approximate surface area is 83.2 Å². The molecule has 3 nitrogen and oxygen atoms in total. The first-order valence-electron chi connectivity index (χ1n) is 4.75. The first-order valence-corrected chi connectivity index (χ1v) is 5.16. The fraction of sp³-hybridized carbons (Fsp3) is 0.778. The maximum absolute atomic E-state index is 5.08. The van der Waals surface area contributed by atoms with E-state index in [2.05, 4.69) is 17.0 Å². The molecule has 2 rings (SSSR count). The van der Waals surface area contributed by atoms with Gasteiger partial charge < -0.3 is 0 Å². The second kappa shape index (κ2) is 2.94. The van der Waals surface area contributed by atoms with Crippen LogP contribution in [0.4, 0.5) is 0 Å². The topological polar surface area (TPSA) is 33.6 Å². The van der Waals surface area contributed by atoms with E-state index in [0.717, 1.165) is 5.82 Å². The smallest absolute Gasteiger partial charge is 0.215 e. The van der Waals surface area contributed by atoms with Crippen molar-refractivity contribution in [2.24, 2.45) is 7.05 Å². The molecule has 0 unspecified atom stereocenters. The molecule has 0 aliphatic heterocycles. The number of nitrogens with zero attached hydrogens (tertiary/aromatic N) is 2. The van der Waals surface area contributed by atoms with Crippen LogP contribution in [0, 0.1) is 4.77 Å². The molecule has 1 saturated carbocycles. The molecule has 0 atom stereocenters. The second-order valence-electron chi connectivity index (χ2n) is 4.18. The summed E-state index contributed by atoms with van der Waals surface area (Å²) in [5.41, 5.74) is 0.245. The number of aromatic nitrogens is 3. The molecule has 13 heavy (non-hydrogen) atoms. The van der Waals surface area contributed by atoms with Crippen molar-refractivity contribution < 1.29 is 0 Å². The van der Waals surface area contributed by atoms with Crippen LogP contribution >= 0.6 is 12.2 Å². The SMILES string of the molecule is Cn1[nH]c(C2(C)CCCC2)nc1=S. The largest absolute Gasteiger partial charge is 0.283 e. The maximum Gasteiger partial charge on any atom is 0.215 e. The van der Waals surface area contributed by atoms with E-state index in [0.29, 0.717) is 4.77 Å². The summed E-state index contributed by atoms with van der Waals surface area (Å²) in [6.07, 6.45) is 5.09. The Morgan fingerprint density at radius 2 is 2.08 bits per heavy atom. The Kier molecular flexibility index (Phi) is 2.02. The third-order valence-electron chi connectivity index (χ3n) is 3.05. The Morgan fingerprint density at radius 1 is 1.46 bits per heavy atom. The molecular formula is C9H15N3S. The van der Waals surface area contributed by atoms with E-state index in [1.807, 2.05) is 11.7 Å². The molecule has 0 radical (unpaired) electrons. The molecule has 1 N–H and O–H groups in total. The van der Waals surface area contributed by atoms with E-state index in [4.69, 9.17) is 12.2 Å². The van der Waals surface area contributed by atoms with Crippen LogP contribution in [0.1, 0.15) is 38.4 Å². The fourth-order valence-corrected chi connectivity index (χ4v) is 2.20. The van der Waals surface area contributed by atoms with Gasteiger partial charge in [-0.3, -0.25) is 9.78 Å². The molecule has 1 aromatic heterocycles. The number of aryl methyl sites for hydroxylation is 1. The van der Waals surface area contributed by atoms with Crippen LogP contribution in [-0.2, 0) is 12.5 Å². The normalized spacial score (nSPS) is 20.8. The molecule has 72 valence electrons. The van der Waals surface area contributed by atoms with Crippen molar-refractivity contribution in [3.8, 4) is 0 Å². The summed E-state index contributed by atoms with van der Waals surface area (Å²) in [6, 6.07) is 0. The molecule has 1 aliphatic rings. The minimum Gasteiger partial charge on any atom is -0.283 e. The molecule has 0 bridgehead atoms. The fourth-order valence-electron chi connectivity index (χ4n) is 2.06. The van der Waals surface area contributed by atoms with Gasteiger partial charge in [0, 0.05) is 12.5 Å². The molecule has 1 heterocycles. The van der Waals surface area contributed by atoms with E-state index in [-0.39, 0.29) is 5.41 Å². The lowest BCUT2D eigenvalue weighted by molar-refractivity contribution is 0.455. The zero-order valence-electron chi connectivity index (χ0n) is 8.13. The van der Waals surface area contributed by atoms with Crippen molar-refractivity contribution in [2.75, 3.05) is 0 Å². The zero-order chi connectivity index (χ0) is 9.47. The summed E-state index contributed by atoms with van der Waals surface area (Å²) < 4.78 is 2.47. The van der Waals surface area contributed by atoms with Gasteiger partial charge in [-0.25, -0.2) is 4.98 Å². The monoisotopic (exact) mass is 197 g/mol. The minimum absolute atomic E-state index is 0.245. The molecule has 1 aliphatic carbocycles. The second-order valence-corrected chi connectivity index (χ2v) is 4.55. The van der Waals surface area contributed by atoms with Gasteiger partial charge in [0.1, 0.15) is 5.82 Å². The summed E-state index contributed by atoms with van der Waals surface area (Å²) in [5, 5.41) is 3.23. The van der Waals surface area contributed by atoms with Gasteiger partial charge in [0.25, 0.3) is 0 Å². The highest BCUT2D eigenvalue weighted by Crippen LogP contribution is 2.38. The third kappa shape index (κ3) is 1.43. The lowest BCUT2D eigenvalue weighted by Crippen LogP contribution is -2.19. The van der Waals surface area contributed by atoms with Gasteiger partial charge in [-0.15, -0.1) is 0 Å². The van der Waals surface area contributed by atoms with Crippen LogP contribution in [0.2, 0.25) is 0 Å². The van der Waals surface area contributed by atoms with Crippen LogP contribution in [0.25, 0.3) is 0 Å². The van der Waals surface area contributed by atoms with Gasteiger partial charge in [-0.1, -0.05) is 19.8 Å². The van der Waals surface area contributed by atoms with Crippen LogP contribution in [0.5, 0.6) is 0 Å². The number of rotatable bonds is 1.